The van der Waals surface area contributed by atoms with Gasteiger partial charge in [0, 0.05) is 6.54 Å². The van der Waals surface area contributed by atoms with E-state index in [2.05, 4.69) is 14.9 Å². The molecule has 2 heterocycles. The lowest BCUT2D eigenvalue weighted by atomic mass is 9.98. The summed E-state index contributed by atoms with van der Waals surface area (Å²) in [5, 5.41) is 9.46. The van der Waals surface area contributed by atoms with E-state index in [0.717, 1.165) is 29.7 Å². The van der Waals surface area contributed by atoms with Crippen molar-refractivity contribution in [3.63, 3.8) is 0 Å². The number of nitrogens with one attached hydrogen (secondary N) is 1. The minimum absolute atomic E-state index is 0.467. The van der Waals surface area contributed by atoms with E-state index in [1.165, 1.54) is 12.8 Å². The summed E-state index contributed by atoms with van der Waals surface area (Å²) >= 11 is 0. The maximum absolute atomic E-state index is 11.5. The molecule has 1 aliphatic heterocycles. The Bertz CT molecular complexity index is 587. The Morgan fingerprint density at radius 1 is 1.42 bits per heavy atom. The topological polar surface area (TPSA) is 69.2 Å². The minimum atomic E-state index is -0.759. The molecule has 5 nitrogen and oxygen atoms in total. The maximum atomic E-state index is 11.5. The second-order valence-electron chi connectivity index (χ2n) is 5.08. The number of H-pyrrole nitrogens is 1. The Labute approximate surface area is 111 Å². The van der Waals surface area contributed by atoms with Crippen LogP contribution in [0.25, 0.3) is 11.0 Å². The van der Waals surface area contributed by atoms with Crippen LogP contribution in [0.5, 0.6) is 0 Å². The van der Waals surface area contributed by atoms with Crippen LogP contribution in [0, 0.1) is 0 Å². The Morgan fingerprint density at radius 2 is 2.21 bits per heavy atom. The predicted molar refractivity (Wildman–Crippen MR) is 72.1 cm³/mol. The van der Waals surface area contributed by atoms with Gasteiger partial charge in [-0.15, -0.1) is 0 Å². The fraction of sp³-hybridized carbons (Fsp3) is 0.429. The van der Waals surface area contributed by atoms with E-state index in [0.29, 0.717) is 6.54 Å². The number of hydrogen-bond donors (Lipinski definition) is 2. The lowest BCUT2D eigenvalue weighted by molar-refractivity contribution is -0.139. The van der Waals surface area contributed by atoms with E-state index >= 15 is 0 Å². The van der Waals surface area contributed by atoms with Crippen molar-refractivity contribution in [2.45, 2.75) is 18.8 Å². The first-order valence-corrected chi connectivity index (χ1v) is 6.62. The zero-order valence-corrected chi connectivity index (χ0v) is 10.7. The van der Waals surface area contributed by atoms with Crippen molar-refractivity contribution in [3.05, 3.63) is 30.1 Å². The molecule has 1 atom stereocenters. The van der Waals surface area contributed by atoms with Crippen molar-refractivity contribution < 1.29 is 9.90 Å². The Kier molecular flexibility index (Phi) is 3.21. The molecular formula is C14H17N3O2. The number of aromatic nitrogens is 2. The highest BCUT2D eigenvalue weighted by Gasteiger charge is 2.24. The number of likely N-dealkylation sites (tertiary alicyclic amines) is 1. The van der Waals surface area contributed by atoms with Crippen LogP contribution in [0.2, 0.25) is 0 Å². The summed E-state index contributed by atoms with van der Waals surface area (Å²) in [5.41, 5.74) is 2.61. The van der Waals surface area contributed by atoms with E-state index in [1.54, 1.807) is 6.33 Å². The Balaban J connectivity index is 1.87. The SMILES string of the molecule is O=C(O)C(CN1CCCC1)c1ccc2nc[nH]c2c1. The first kappa shape index (κ1) is 12.2. The van der Waals surface area contributed by atoms with Gasteiger partial charge in [0.1, 0.15) is 0 Å². The van der Waals surface area contributed by atoms with Crippen LogP contribution in [0.15, 0.2) is 24.5 Å². The standard InChI is InChI=1S/C14H17N3O2/c18-14(19)11(8-17-5-1-2-6-17)10-3-4-12-13(7-10)16-9-15-12/h3-4,7,9,11H,1-2,5-6,8H2,(H,15,16)(H,18,19). The fourth-order valence-corrected chi connectivity index (χ4v) is 2.72. The molecule has 0 aliphatic carbocycles. The first-order valence-electron chi connectivity index (χ1n) is 6.62. The molecule has 1 unspecified atom stereocenters. The molecule has 0 amide bonds. The summed E-state index contributed by atoms with van der Waals surface area (Å²) in [6.45, 7) is 2.61. The average Bonchev–Trinajstić information content (AvgIpc) is 3.05. The summed E-state index contributed by atoms with van der Waals surface area (Å²) in [7, 11) is 0. The summed E-state index contributed by atoms with van der Waals surface area (Å²) in [6.07, 6.45) is 3.97. The van der Waals surface area contributed by atoms with Crippen molar-refractivity contribution in [3.8, 4) is 0 Å². The van der Waals surface area contributed by atoms with Crippen LogP contribution in [0.4, 0.5) is 0 Å². The lowest BCUT2D eigenvalue weighted by Crippen LogP contribution is -2.29. The highest BCUT2D eigenvalue weighted by Crippen LogP contribution is 2.23. The number of aromatic amines is 1. The van der Waals surface area contributed by atoms with Gasteiger partial charge in [-0.1, -0.05) is 6.07 Å². The molecule has 0 bridgehead atoms. The van der Waals surface area contributed by atoms with Crippen molar-refractivity contribution in [1.29, 1.82) is 0 Å². The predicted octanol–water partition coefficient (Wildman–Crippen LogP) is 1.83. The van der Waals surface area contributed by atoms with Crippen LogP contribution >= 0.6 is 0 Å². The smallest absolute Gasteiger partial charge is 0.312 e. The number of hydrogen-bond acceptors (Lipinski definition) is 3. The molecule has 1 aromatic carbocycles. The second-order valence-corrected chi connectivity index (χ2v) is 5.08. The molecule has 2 aromatic rings. The third-order valence-corrected chi connectivity index (χ3v) is 3.78. The number of benzene rings is 1. The summed E-state index contributed by atoms with van der Waals surface area (Å²) in [5.74, 6) is -1.23. The molecule has 0 spiro atoms. The molecule has 100 valence electrons. The number of imidazole rings is 1. The van der Waals surface area contributed by atoms with Crippen molar-refractivity contribution >= 4 is 17.0 Å². The minimum Gasteiger partial charge on any atom is -0.481 e. The third kappa shape index (κ3) is 2.46. The highest BCUT2D eigenvalue weighted by molar-refractivity contribution is 5.81. The molecule has 1 aliphatic rings. The Morgan fingerprint density at radius 3 is 2.95 bits per heavy atom. The molecule has 19 heavy (non-hydrogen) atoms. The van der Waals surface area contributed by atoms with Gasteiger partial charge in [0.2, 0.25) is 0 Å². The van der Waals surface area contributed by atoms with Crippen molar-refractivity contribution in [2.24, 2.45) is 0 Å². The van der Waals surface area contributed by atoms with Gasteiger partial charge in [-0.3, -0.25) is 4.79 Å². The number of nitrogens with zero attached hydrogens (tertiary/aromatic N) is 2. The van der Waals surface area contributed by atoms with Crippen LogP contribution in [-0.2, 0) is 4.79 Å². The number of carboxylic acid groups (broad SMARTS) is 1. The number of aliphatic carboxylic acids is 1. The molecule has 2 N–H and O–H groups in total. The molecule has 0 radical (unpaired) electrons. The van der Waals surface area contributed by atoms with Crippen molar-refractivity contribution in [2.75, 3.05) is 19.6 Å². The van der Waals surface area contributed by atoms with E-state index in [-0.39, 0.29) is 0 Å². The lowest BCUT2D eigenvalue weighted by Gasteiger charge is -2.20. The fourth-order valence-electron chi connectivity index (χ4n) is 2.72. The van der Waals surface area contributed by atoms with Gasteiger partial charge >= 0.3 is 5.97 Å². The van der Waals surface area contributed by atoms with Gasteiger partial charge in [-0.2, -0.15) is 0 Å². The van der Waals surface area contributed by atoms with Gasteiger partial charge < -0.3 is 15.0 Å². The van der Waals surface area contributed by atoms with E-state index in [9.17, 15) is 9.90 Å². The second kappa shape index (κ2) is 5.01. The summed E-state index contributed by atoms with van der Waals surface area (Å²) in [4.78, 5) is 20.9. The molecule has 3 rings (SSSR count). The number of fused-ring (bicyclic) bond motifs is 1. The molecular weight excluding hydrogens is 242 g/mol. The third-order valence-electron chi connectivity index (χ3n) is 3.78. The number of carbonyl (C=O) groups is 1. The normalized spacial score (nSPS) is 17.9. The van der Waals surface area contributed by atoms with Crippen LogP contribution in [0.1, 0.15) is 24.3 Å². The molecule has 1 saturated heterocycles. The zero-order valence-electron chi connectivity index (χ0n) is 10.7. The van der Waals surface area contributed by atoms with Crippen LogP contribution in [-0.4, -0.2) is 45.6 Å². The summed E-state index contributed by atoms with van der Waals surface area (Å²) < 4.78 is 0. The molecule has 5 heteroatoms. The van der Waals surface area contributed by atoms with Gasteiger partial charge in [-0.05, 0) is 43.6 Å². The molecule has 1 fully saturated rings. The Hall–Kier alpha value is -1.88. The average molecular weight is 259 g/mol. The number of carboxylic acids is 1. The van der Waals surface area contributed by atoms with E-state index < -0.39 is 11.9 Å². The molecule has 0 saturated carbocycles. The van der Waals surface area contributed by atoms with Crippen LogP contribution < -0.4 is 0 Å². The molecule has 1 aromatic heterocycles. The zero-order chi connectivity index (χ0) is 13.2. The van der Waals surface area contributed by atoms with Crippen molar-refractivity contribution in [1.82, 2.24) is 14.9 Å². The maximum Gasteiger partial charge on any atom is 0.312 e. The van der Waals surface area contributed by atoms with Gasteiger partial charge in [0.05, 0.1) is 23.3 Å². The largest absolute Gasteiger partial charge is 0.481 e. The van der Waals surface area contributed by atoms with Gasteiger partial charge in [-0.25, -0.2) is 4.98 Å². The monoisotopic (exact) mass is 259 g/mol. The van der Waals surface area contributed by atoms with Crippen LogP contribution in [0.3, 0.4) is 0 Å². The number of rotatable bonds is 4. The summed E-state index contributed by atoms with van der Waals surface area (Å²) in [6, 6.07) is 5.65. The van der Waals surface area contributed by atoms with E-state index in [4.69, 9.17) is 0 Å². The van der Waals surface area contributed by atoms with Gasteiger partial charge in [0.15, 0.2) is 0 Å². The van der Waals surface area contributed by atoms with Gasteiger partial charge in [0.25, 0.3) is 0 Å². The highest BCUT2D eigenvalue weighted by atomic mass is 16.4. The first-order chi connectivity index (χ1) is 9.24. The van der Waals surface area contributed by atoms with E-state index in [1.807, 2.05) is 18.2 Å². The quantitative estimate of drug-likeness (QED) is 0.879.